The van der Waals surface area contributed by atoms with E-state index in [9.17, 15) is 8.42 Å². The number of anilines is 1. The molecule has 19 heavy (non-hydrogen) atoms. The Labute approximate surface area is 116 Å². The molecule has 0 aromatic heterocycles. The molecule has 108 valence electrons. The lowest BCUT2D eigenvalue weighted by Gasteiger charge is -2.18. The maximum Gasteiger partial charge on any atom is 0.236 e. The molecule has 0 aliphatic heterocycles. The molecule has 5 heteroatoms. The van der Waals surface area contributed by atoms with E-state index >= 15 is 0 Å². The van der Waals surface area contributed by atoms with Gasteiger partial charge < -0.3 is 5.32 Å². The molecule has 0 spiro atoms. The fourth-order valence-corrected chi connectivity index (χ4v) is 2.75. The zero-order chi connectivity index (χ0) is 14.6. The van der Waals surface area contributed by atoms with E-state index in [1.54, 1.807) is 6.92 Å². The third-order valence-corrected chi connectivity index (χ3v) is 4.71. The number of hydrogen-bond acceptors (Lipinski definition) is 3. The molecule has 1 aromatic rings. The average Bonchev–Trinajstić information content (AvgIpc) is 2.29. The normalized spacial score (nSPS) is 13.6. The van der Waals surface area contributed by atoms with Crippen LogP contribution in [0.5, 0.6) is 0 Å². The summed E-state index contributed by atoms with van der Waals surface area (Å²) >= 11 is 0. The van der Waals surface area contributed by atoms with Gasteiger partial charge in [-0.2, -0.15) is 0 Å². The summed E-state index contributed by atoms with van der Waals surface area (Å²) in [4.78, 5) is 0. The molecule has 0 aliphatic rings. The Kier molecular flexibility index (Phi) is 5.38. The van der Waals surface area contributed by atoms with E-state index in [1.165, 1.54) is 0 Å². The van der Waals surface area contributed by atoms with Crippen LogP contribution in [-0.2, 0) is 10.0 Å². The van der Waals surface area contributed by atoms with E-state index in [1.807, 2.05) is 45.9 Å². The predicted molar refractivity (Wildman–Crippen MR) is 81.1 cm³/mol. The van der Waals surface area contributed by atoms with Gasteiger partial charge in [0.2, 0.25) is 10.0 Å². The lowest BCUT2D eigenvalue weighted by atomic mass is 10.1. The van der Waals surface area contributed by atoms with Crippen LogP contribution < -0.4 is 10.0 Å². The predicted octanol–water partition coefficient (Wildman–Crippen LogP) is 2.43. The maximum atomic E-state index is 12.2. The minimum Gasteiger partial charge on any atom is -0.313 e. The molecule has 4 nitrogen and oxygen atoms in total. The summed E-state index contributed by atoms with van der Waals surface area (Å²) < 4.78 is 27.1. The van der Waals surface area contributed by atoms with Gasteiger partial charge in [-0.05, 0) is 32.4 Å². The minimum atomic E-state index is -3.36. The zero-order valence-electron chi connectivity index (χ0n) is 12.3. The zero-order valence-corrected chi connectivity index (χ0v) is 13.1. The standard InChI is InChI=1S/C14H24N2O2S/c1-10(2)15-9-13(5)19(17,18)16-14-7-6-11(3)8-12(14)4/h6-8,10,13,15-16H,9H2,1-5H3. The highest BCUT2D eigenvalue weighted by molar-refractivity contribution is 7.93. The van der Waals surface area contributed by atoms with Gasteiger partial charge >= 0.3 is 0 Å². The summed E-state index contributed by atoms with van der Waals surface area (Å²) in [6, 6.07) is 5.96. The number of sulfonamides is 1. The van der Waals surface area contributed by atoms with Gasteiger partial charge in [0.25, 0.3) is 0 Å². The van der Waals surface area contributed by atoms with Gasteiger partial charge in [-0.25, -0.2) is 8.42 Å². The topological polar surface area (TPSA) is 58.2 Å². The van der Waals surface area contributed by atoms with Crippen LogP contribution >= 0.6 is 0 Å². The Bertz CT molecular complexity index is 524. The van der Waals surface area contributed by atoms with Crippen LogP contribution in [0, 0.1) is 13.8 Å². The number of aryl methyl sites for hydroxylation is 2. The van der Waals surface area contributed by atoms with Crippen LogP contribution in [0.2, 0.25) is 0 Å². The maximum absolute atomic E-state index is 12.2. The first-order chi connectivity index (χ1) is 8.72. The summed E-state index contributed by atoms with van der Waals surface area (Å²) in [5, 5.41) is 2.67. The van der Waals surface area contributed by atoms with Crippen molar-refractivity contribution in [3.63, 3.8) is 0 Å². The van der Waals surface area contributed by atoms with Crippen molar-refractivity contribution in [2.45, 2.75) is 45.9 Å². The second-order valence-electron chi connectivity index (χ2n) is 5.34. The summed E-state index contributed by atoms with van der Waals surface area (Å²) in [5.74, 6) is 0. The average molecular weight is 284 g/mol. The summed E-state index contributed by atoms with van der Waals surface area (Å²) in [7, 11) is -3.36. The second kappa shape index (κ2) is 6.39. The molecule has 1 rings (SSSR count). The SMILES string of the molecule is Cc1ccc(NS(=O)(=O)C(C)CNC(C)C)c(C)c1. The molecule has 1 unspecified atom stereocenters. The van der Waals surface area contributed by atoms with Gasteiger partial charge in [0.1, 0.15) is 0 Å². The Morgan fingerprint density at radius 1 is 1.16 bits per heavy atom. The van der Waals surface area contributed by atoms with Crippen molar-refractivity contribution in [1.29, 1.82) is 0 Å². The molecular formula is C14H24N2O2S. The van der Waals surface area contributed by atoms with E-state index in [0.717, 1.165) is 11.1 Å². The minimum absolute atomic E-state index is 0.277. The molecule has 0 radical (unpaired) electrons. The Morgan fingerprint density at radius 2 is 1.79 bits per heavy atom. The molecule has 0 saturated carbocycles. The van der Waals surface area contributed by atoms with Crippen molar-refractivity contribution in [3.05, 3.63) is 29.3 Å². The quantitative estimate of drug-likeness (QED) is 0.843. The molecule has 0 aliphatic carbocycles. The van der Waals surface area contributed by atoms with Crippen molar-refractivity contribution >= 4 is 15.7 Å². The molecule has 0 fully saturated rings. The van der Waals surface area contributed by atoms with Gasteiger partial charge in [0.15, 0.2) is 0 Å². The van der Waals surface area contributed by atoms with Crippen molar-refractivity contribution < 1.29 is 8.42 Å². The first kappa shape index (κ1) is 16.0. The number of hydrogen-bond donors (Lipinski definition) is 2. The van der Waals surface area contributed by atoms with Gasteiger partial charge in [-0.3, -0.25) is 4.72 Å². The Hall–Kier alpha value is -1.07. The Balaban J connectivity index is 2.78. The first-order valence-electron chi connectivity index (χ1n) is 6.54. The first-order valence-corrected chi connectivity index (χ1v) is 8.09. The van der Waals surface area contributed by atoms with Crippen LogP contribution in [0.4, 0.5) is 5.69 Å². The van der Waals surface area contributed by atoms with Crippen molar-refractivity contribution in [1.82, 2.24) is 5.32 Å². The highest BCUT2D eigenvalue weighted by atomic mass is 32.2. The van der Waals surface area contributed by atoms with Crippen LogP contribution in [0.15, 0.2) is 18.2 Å². The highest BCUT2D eigenvalue weighted by Crippen LogP contribution is 2.18. The van der Waals surface area contributed by atoms with Crippen molar-refractivity contribution in [3.8, 4) is 0 Å². The molecule has 2 N–H and O–H groups in total. The Morgan fingerprint density at radius 3 is 2.32 bits per heavy atom. The fourth-order valence-electron chi connectivity index (χ4n) is 1.69. The molecule has 0 heterocycles. The second-order valence-corrected chi connectivity index (χ2v) is 7.44. The van der Waals surface area contributed by atoms with Crippen molar-refractivity contribution in [2.75, 3.05) is 11.3 Å². The fraction of sp³-hybridized carbons (Fsp3) is 0.571. The number of rotatable bonds is 6. The lowest BCUT2D eigenvalue weighted by molar-refractivity contribution is 0.553. The third kappa shape index (κ3) is 4.84. The van der Waals surface area contributed by atoms with Crippen LogP contribution in [0.25, 0.3) is 0 Å². The molecular weight excluding hydrogens is 260 g/mol. The van der Waals surface area contributed by atoms with E-state index in [-0.39, 0.29) is 6.04 Å². The van der Waals surface area contributed by atoms with E-state index in [0.29, 0.717) is 12.2 Å². The molecule has 1 atom stereocenters. The molecule has 1 aromatic carbocycles. The van der Waals surface area contributed by atoms with E-state index in [2.05, 4.69) is 10.0 Å². The lowest BCUT2D eigenvalue weighted by Crippen LogP contribution is -2.37. The smallest absolute Gasteiger partial charge is 0.236 e. The molecule has 0 amide bonds. The van der Waals surface area contributed by atoms with Gasteiger partial charge in [-0.1, -0.05) is 31.5 Å². The molecule has 0 bridgehead atoms. The summed E-state index contributed by atoms with van der Waals surface area (Å²) in [6.07, 6.45) is 0. The van der Waals surface area contributed by atoms with E-state index < -0.39 is 15.3 Å². The third-order valence-electron chi connectivity index (χ3n) is 2.98. The van der Waals surface area contributed by atoms with E-state index in [4.69, 9.17) is 0 Å². The largest absolute Gasteiger partial charge is 0.313 e. The van der Waals surface area contributed by atoms with Gasteiger partial charge in [0.05, 0.1) is 10.9 Å². The van der Waals surface area contributed by atoms with Crippen LogP contribution in [-0.4, -0.2) is 26.3 Å². The summed E-state index contributed by atoms with van der Waals surface area (Å²) in [5.41, 5.74) is 2.71. The van der Waals surface area contributed by atoms with Crippen LogP contribution in [0.1, 0.15) is 31.9 Å². The van der Waals surface area contributed by atoms with Gasteiger partial charge in [0, 0.05) is 12.6 Å². The number of nitrogens with one attached hydrogen (secondary N) is 2. The summed E-state index contributed by atoms with van der Waals surface area (Å²) in [6.45, 7) is 10.0. The molecule has 0 saturated heterocycles. The number of benzene rings is 1. The van der Waals surface area contributed by atoms with Crippen molar-refractivity contribution in [2.24, 2.45) is 0 Å². The monoisotopic (exact) mass is 284 g/mol. The van der Waals surface area contributed by atoms with Gasteiger partial charge in [-0.15, -0.1) is 0 Å². The van der Waals surface area contributed by atoms with Crippen LogP contribution in [0.3, 0.4) is 0 Å². The highest BCUT2D eigenvalue weighted by Gasteiger charge is 2.21.